The summed E-state index contributed by atoms with van der Waals surface area (Å²) in [5, 5.41) is 4.79. The van der Waals surface area contributed by atoms with Crippen LogP contribution in [-0.2, 0) is 9.59 Å². The molecule has 2 N–H and O–H groups in total. The quantitative estimate of drug-likeness (QED) is 0.888. The molecule has 1 aromatic rings. The molecule has 5 nitrogen and oxygen atoms in total. The maximum atomic E-state index is 13.5. The lowest BCUT2D eigenvalue weighted by atomic mass is 10.1. The van der Waals surface area contributed by atoms with E-state index in [1.54, 1.807) is 0 Å². The van der Waals surface area contributed by atoms with Crippen LogP contribution in [0, 0.1) is 11.6 Å². The van der Waals surface area contributed by atoms with Gasteiger partial charge in [0.1, 0.15) is 16.9 Å². The number of nitrogens with zero attached hydrogens (tertiary/aromatic N) is 1. The summed E-state index contributed by atoms with van der Waals surface area (Å²) in [4.78, 5) is 28.1. The number of hydrogen-bond donors (Lipinski definition) is 2. The maximum absolute atomic E-state index is 13.5. The van der Waals surface area contributed by atoms with Gasteiger partial charge in [-0.1, -0.05) is 11.8 Å². The Balaban J connectivity index is 1.98. The molecule has 1 saturated heterocycles. The van der Waals surface area contributed by atoms with Gasteiger partial charge in [0.2, 0.25) is 11.8 Å². The number of amides is 2. The number of nitrogens with one attached hydrogen (secondary N) is 2. The van der Waals surface area contributed by atoms with Crippen molar-refractivity contribution in [2.75, 3.05) is 5.32 Å². The van der Waals surface area contributed by atoms with E-state index in [2.05, 4.69) is 15.6 Å². The second-order valence-corrected chi connectivity index (χ2v) is 7.25. The highest BCUT2D eigenvalue weighted by molar-refractivity contribution is 8.15. The molecule has 0 spiro atoms. The van der Waals surface area contributed by atoms with Crippen LogP contribution in [0.15, 0.2) is 23.2 Å². The standard InChI is InChI=1S/C15H17F2N3O2S/c1-15(2,3)20-14-19-13(22)11(23-14)7-12(21)18-10-5-4-8(16)6-9(10)17/h4-6,11H,7H2,1-3H3,(H,18,21)(H,19,20,22)/t11-/m1/s1. The normalized spacial score (nSPS) is 19.8. The lowest BCUT2D eigenvalue weighted by Gasteiger charge is -2.12. The van der Waals surface area contributed by atoms with Crippen molar-refractivity contribution in [3.63, 3.8) is 0 Å². The largest absolute Gasteiger partial charge is 0.324 e. The lowest BCUT2D eigenvalue weighted by molar-refractivity contribution is -0.122. The Labute approximate surface area is 136 Å². The van der Waals surface area contributed by atoms with E-state index in [1.807, 2.05) is 20.8 Å². The predicted molar refractivity (Wildman–Crippen MR) is 86.3 cm³/mol. The summed E-state index contributed by atoms with van der Waals surface area (Å²) in [5.74, 6) is -2.43. The van der Waals surface area contributed by atoms with E-state index in [9.17, 15) is 18.4 Å². The van der Waals surface area contributed by atoms with Crippen molar-refractivity contribution in [3.05, 3.63) is 29.8 Å². The zero-order chi connectivity index (χ0) is 17.2. The molecule has 124 valence electrons. The second-order valence-electron chi connectivity index (χ2n) is 6.06. The van der Waals surface area contributed by atoms with Crippen LogP contribution in [0.1, 0.15) is 27.2 Å². The number of thioether (sulfide) groups is 1. The Bertz CT molecular complexity index is 671. The van der Waals surface area contributed by atoms with Crippen LogP contribution >= 0.6 is 11.8 Å². The summed E-state index contributed by atoms with van der Waals surface area (Å²) in [6.45, 7) is 5.68. The van der Waals surface area contributed by atoms with Crippen molar-refractivity contribution in [2.24, 2.45) is 4.99 Å². The van der Waals surface area contributed by atoms with E-state index in [4.69, 9.17) is 0 Å². The molecule has 1 aliphatic rings. The van der Waals surface area contributed by atoms with Crippen molar-refractivity contribution in [2.45, 2.75) is 38.0 Å². The number of anilines is 1. The predicted octanol–water partition coefficient (Wildman–Crippen LogP) is 2.68. The Kier molecular flexibility index (Phi) is 5.03. The van der Waals surface area contributed by atoms with Gasteiger partial charge in [-0.3, -0.25) is 14.6 Å². The van der Waals surface area contributed by atoms with E-state index in [1.165, 1.54) is 11.8 Å². The Morgan fingerprint density at radius 1 is 1.39 bits per heavy atom. The van der Waals surface area contributed by atoms with Gasteiger partial charge < -0.3 is 10.6 Å². The average Bonchev–Trinajstić information content (AvgIpc) is 2.70. The number of halogens is 2. The van der Waals surface area contributed by atoms with Crippen molar-refractivity contribution < 1.29 is 18.4 Å². The SMILES string of the molecule is CC(C)(C)N=C1NC(=O)[C@@H](CC(=O)Nc2ccc(F)cc2F)S1. The molecule has 1 aliphatic heterocycles. The molecule has 0 unspecified atom stereocenters. The van der Waals surface area contributed by atoms with Crippen molar-refractivity contribution in [3.8, 4) is 0 Å². The summed E-state index contributed by atoms with van der Waals surface area (Å²) in [7, 11) is 0. The number of carbonyl (C=O) groups is 2. The number of carbonyl (C=O) groups excluding carboxylic acids is 2. The molecule has 1 aromatic carbocycles. The maximum Gasteiger partial charge on any atom is 0.240 e. The molecule has 2 amide bonds. The van der Waals surface area contributed by atoms with Gasteiger partial charge in [-0.25, -0.2) is 8.78 Å². The number of aliphatic imine (C=N–C) groups is 1. The zero-order valence-electron chi connectivity index (χ0n) is 12.9. The van der Waals surface area contributed by atoms with Crippen LogP contribution in [-0.4, -0.2) is 27.8 Å². The van der Waals surface area contributed by atoms with Crippen LogP contribution in [0.25, 0.3) is 0 Å². The first kappa shape index (κ1) is 17.4. The summed E-state index contributed by atoms with van der Waals surface area (Å²) in [6, 6.07) is 2.86. The second kappa shape index (κ2) is 6.66. The van der Waals surface area contributed by atoms with Crippen LogP contribution in [0.3, 0.4) is 0 Å². The minimum absolute atomic E-state index is 0.122. The van der Waals surface area contributed by atoms with Gasteiger partial charge in [-0.05, 0) is 32.9 Å². The summed E-state index contributed by atoms with van der Waals surface area (Å²) >= 11 is 1.17. The van der Waals surface area contributed by atoms with Gasteiger partial charge in [-0.15, -0.1) is 0 Å². The van der Waals surface area contributed by atoms with Crippen molar-refractivity contribution >= 4 is 34.4 Å². The van der Waals surface area contributed by atoms with E-state index >= 15 is 0 Å². The van der Waals surface area contributed by atoms with Gasteiger partial charge in [0.05, 0.1) is 11.2 Å². The fourth-order valence-corrected chi connectivity index (χ4v) is 3.01. The number of rotatable bonds is 3. The number of amidine groups is 1. The smallest absolute Gasteiger partial charge is 0.240 e. The van der Waals surface area contributed by atoms with Gasteiger partial charge in [0, 0.05) is 12.5 Å². The average molecular weight is 341 g/mol. The fraction of sp³-hybridized carbons (Fsp3) is 0.400. The third-order valence-corrected chi connectivity index (χ3v) is 3.87. The molecule has 1 heterocycles. The number of hydrogen-bond acceptors (Lipinski definition) is 4. The molecule has 0 bridgehead atoms. The monoisotopic (exact) mass is 341 g/mol. The van der Waals surface area contributed by atoms with Gasteiger partial charge in [0.25, 0.3) is 0 Å². The zero-order valence-corrected chi connectivity index (χ0v) is 13.8. The molecule has 8 heteroatoms. The summed E-state index contributed by atoms with van der Waals surface area (Å²) in [5.41, 5.74) is -0.465. The van der Waals surface area contributed by atoms with E-state index in [0.717, 1.165) is 12.1 Å². The van der Waals surface area contributed by atoms with Gasteiger partial charge in [0.15, 0.2) is 5.17 Å². The summed E-state index contributed by atoms with van der Waals surface area (Å²) < 4.78 is 26.3. The molecular formula is C15H17F2N3O2S. The summed E-state index contributed by atoms with van der Waals surface area (Å²) in [6.07, 6.45) is -0.128. The molecule has 0 radical (unpaired) electrons. The molecule has 0 aliphatic carbocycles. The van der Waals surface area contributed by atoms with E-state index < -0.39 is 22.8 Å². The van der Waals surface area contributed by atoms with Crippen LogP contribution in [0.5, 0.6) is 0 Å². The topological polar surface area (TPSA) is 70.6 Å². The fourth-order valence-electron chi connectivity index (χ4n) is 1.86. The Morgan fingerprint density at radius 3 is 2.70 bits per heavy atom. The minimum atomic E-state index is -0.864. The molecule has 0 saturated carbocycles. The van der Waals surface area contributed by atoms with Crippen LogP contribution in [0.4, 0.5) is 14.5 Å². The third-order valence-electron chi connectivity index (χ3n) is 2.79. The van der Waals surface area contributed by atoms with E-state index in [0.29, 0.717) is 11.2 Å². The molecule has 23 heavy (non-hydrogen) atoms. The molecule has 2 rings (SSSR count). The van der Waals surface area contributed by atoms with Crippen LogP contribution < -0.4 is 10.6 Å². The van der Waals surface area contributed by atoms with Gasteiger partial charge in [-0.2, -0.15) is 0 Å². The lowest BCUT2D eigenvalue weighted by Crippen LogP contribution is -2.29. The number of benzene rings is 1. The van der Waals surface area contributed by atoms with Crippen molar-refractivity contribution in [1.82, 2.24) is 5.32 Å². The molecular weight excluding hydrogens is 324 g/mol. The molecule has 1 fully saturated rings. The highest BCUT2D eigenvalue weighted by Crippen LogP contribution is 2.25. The Hall–Kier alpha value is -1.96. The van der Waals surface area contributed by atoms with Crippen LogP contribution in [0.2, 0.25) is 0 Å². The first-order chi connectivity index (χ1) is 10.6. The van der Waals surface area contributed by atoms with Crippen molar-refractivity contribution in [1.29, 1.82) is 0 Å². The minimum Gasteiger partial charge on any atom is -0.324 e. The first-order valence-corrected chi connectivity index (χ1v) is 7.84. The van der Waals surface area contributed by atoms with Gasteiger partial charge >= 0.3 is 0 Å². The first-order valence-electron chi connectivity index (χ1n) is 6.96. The highest BCUT2D eigenvalue weighted by atomic mass is 32.2. The Morgan fingerprint density at radius 2 is 2.09 bits per heavy atom. The molecule has 1 atom stereocenters. The van der Waals surface area contributed by atoms with E-state index in [-0.39, 0.29) is 23.6 Å². The highest BCUT2D eigenvalue weighted by Gasteiger charge is 2.33. The molecule has 0 aromatic heterocycles. The third kappa shape index (κ3) is 5.02.